The summed E-state index contributed by atoms with van der Waals surface area (Å²) in [6.45, 7) is 0. The van der Waals surface area contributed by atoms with Crippen molar-refractivity contribution in [2.75, 3.05) is 0 Å². The summed E-state index contributed by atoms with van der Waals surface area (Å²) in [5.41, 5.74) is 9.92. The van der Waals surface area contributed by atoms with Gasteiger partial charge in [-0.15, -0.1) is 0 Å². The molecule has 9 aromatic carbocycles. The number of hydrogen-bond donors (Lipinski definition) is 0. The van der Waals surface area contributed by atoms with Crippen LogP contribution in [-0.4, -0.2) is 0 Å². The summed E-state index contributed by atoms with van der Waals surface area (Å²) in [5, 5.41) is 10.1. The molecule has 0 aliphatic rings. The number of benzene rings is 9. The molecule has 46 heavy (non-hydrogen) atoms. The van der Waals surface area contributed by atoms with Gasteiger partial charge in [0, 0.05) is 0 Å². The molecule has 0 bridgehead atoms. The van der Waals surface area contributed by atoms with Gasteiger partial charge in [-0.1, -0.05) is 158 Å². The Kier molecular flexibility index (Phi) is 6.25. The quantitative estimate of drug-likeness (QED) is 0.181. The van der Waals surface area contributed by atoms with E-state index in [1.54, 1.807) is 0 Å². The van der Waals surface area contributed by atoms with Crippen LogP contribution in [0.3, 0.4) is 0 Å². The molecule has 0 radical (unpaired) electrons. The number of fused-ring (bicyclic) bond motifs is 4. The average molecular weight is 583 g/mol. The summed E-state index contributed by atoms with van der Waals surface area (Å²) in [6.07, 6.45) is 0. The normalized spacial score (nSPS) is 11.5. The van der Waals surface area contributed by atoms with Gasteiger partial charge < -0.3 is 0 Å². The van der Waals surface area contributed by atoms with Crippen molar-refractivity contribution in [2.24, 2.45) is 0 Å². The molecule has 0 aliphatic carbocycles. The summed E-state index contributed by atoms with van der Waals surface area (Å²) in [7, 11) is 0. The molecule has 0 nitrogen and oxygen atoms in total. The second kappa shape index (κ2) is 10.9. The minimum absolute atomic E-state index is 1.21. The van der Waals surface area contributed by atoms with Gasteiger partial charge in [0.15, 0.2) is 0 Å². The third kappa shape index (κ3) is 4.47. The minimum atomic E-state index is 1.21. The zero-order chi connectivity index (χ0) is 30.5. The van der Waals surface area contributed by atoms with Gasteiger partial charge in [0.2, 0.25) is 0 Å². The van der Waals surface area contributed by atoms with Crippen molar-refractivity contribution in [2.45, 2.75) is 0 Å². The molecule has 214 valence electrons. The number of rotatable bonds is 4. The molecule has 0 saturated carbocycles. The van der Waals surface area contributed by atoms with Crippen molar-refractivity contribution in [3.8, 4) is 44.5 Å². The molecule has 9 rings (SSSR count). The Bertz CT molecular complexity index is 2570. The standard InChI is InChI=1S/C46H30/c1-2-11-31(12-3-1)36-17-10-18-37(27-36)38-25-26-43-44(30-38)46(40-24-22-33-14-5-7-16-35(33)29-40)42-20-9-8-19-41(42)45(43)39-23-21-32-13-4-6-15-34(32)28-39/h1-30H. The highest BCUT2D eigenvalue weighted by atomic mass is 14.2. The van der Waals surface area contributed by atoms with Crippen LogP contribution in [0.4, 0.5) is 0 Å². The fraction of sp³-hybridized carbons (Fsp3) is 0. The molecule has 0 saturated heterocycles. The zero-order valence-electron chi connectivity index (χ0n) is 25.3. The van der Waals surface area contributed by atoms with Crippen LogP contribution in [0.25, 0.3) is 87.6 Å². The first-order chi connectivity index (χ1) is 22.8. The van der Waals surface area contributed by atoms with E-state index in [1.807, 2.05) is 0 Å². The van der Waals surface area contributed by atoms with E-state index in [0.717, 1.165) is 0 Å². The van der Waals surface area contributed by atoms with Crippen LogP contribution in [-0.2, 0) is 0 Å². The Morgan fingerprint density at radius 1 is 0.196 bits per heavy atom. The minimum Gasteiger partial charge on any atom is -0.0622 e. The highest BCUT2D eigenvalue weighted by Crippen LogP contribution is 2.45. The molecule has 0 fully saturated rings. The lowest BCUT2D eigenvalue weighted by Crippen LogP contribution is -1.92. The van der Waals surface area contributed by atoms with E-state index in [0.29, 0.717) is 0 Å². The molecule has 0 heterocycles. The van der Waals surface area contributed by atoms with Crippen LogP contribution in [0, 0.1) is 0 Å². The molecule has 0 amide bonds. The fourth-order valence-electron chi connectivity index (χ4n) is 7.18. The lowest BCUT2D eigenvalue weighted by atomic mass is 9.84. The van der Waals surface area contributed by atoms with Crippen LogP contribution >= 0.6 is 0 Å². The monoisotopic (exact) mass is 582 g/mol. The summed E-state index contributed by atoms with van der Waals surface area (Å²) in [5.74, 6) is 0. The lowest BCUT2D eigenvalue weighted by Gasteiger charge is -2.19. The highest BCUT2D eigenvalue weighted by Gasteiger charge is 2.18. The average Bonchev–Trinajstić information content (AvgIpc) is 3.13. The van der Waals surface area contributed by atoms with Gasteiger partial charge in [-0.05, 0) is 112 Å². The van der Waals surface area contributed by atoms with E-state index in [2.05, 4.69) is 182 Å². The Labute approximate surface area is 268 Å². The van der Waals surface area contributed by atoms with Gasteiger partial charge in [0.25, 0.3) is 0 Å². The SMILES string of the molecule is c1ccc(-c2cccc(-c3ccc4c(-c5ccc6ccccc6c5)c5ccccc5c(-c5ccc6ccccc6c5)c4c3)c2)cc1. The van der Waals surface area contributed by atoms with Crippen molar-refractivity contribution < 1.29 is 0 Å². The van der Waals surface area contributed by atoms with E-state index in [1.165, 1.54) is 87.6 Å². The van der Waals surface area contributed by atoms with Crippen molar-refractivity contribution in [1.82, 2.24) is 0 Å². The maximum Gasteiger partial charge on any atom is -0.00259 e. The Hall–Kier alpha value is -5.98. The van der Waals surface area contributed by atoms with Gasteiger partial charge in [-0.2, -0.15) is 0 Å². The van der Waals surface area contributed by atoms with Gasteiger partial charge >= 0.3 is 0 Å². The van der Waals surface area contributed by atoms with E-state index in [-0.39, 0.29) is 0 Å². The smallest absolute Gasteiger partial charge is 0.00259 e. The summed E-state index contributed by atoms with van der Waals surface area (Å²) in [4.78, 5) is 0. The molecule has 0 atom stereocenters. The molecule has 0 unspecified atom stereocenters. The summed E-state index contributed by atoms with van der Waals surface area (Å²) < 4.78 is 0. The Balaban J connectivity index is 1.36. The van der Waals surface area contributed by atoms with Crippen molar-refractivity contribution in [3.63, 3.8) is 0 Å². The molecule has 9 aromatic rings. The Morgan fingerprint density at radius 3 is 1.26 bits per heavy atom. The lowest BCUT2D eigenvalue weighted by molar-refractivity contribution is 1.60. The second-order valence-electron chi connectivity index (χ2n) is 12.1. The van der Waals surface area contributed by atoms with Crippen molar-refractivity contribution in [1.29, 1.82) is 0 Å². The van der Waals surface area contributed by atoms with Crippen LogP contribution in [0.5, 0.6) is 0 Å². The Morgan fingerprint density at radius 2 is 0.630 bits per heavy atom. The first kappa shape index (κ1) is 26.4. The first-order valence-corrected chi connectivity index (χ1v) is 15.9. The maximum atomic E-state index is 2.42. The predicted molar refractivity (Wildman–Crippen MR) is 198 cm³/mol. The molecule has 0 N–H and O–H groups in total. The van der Waals surface area contributed by atoms with E-state index >= 15 is 0 Å². The second-order valence-corrected chi connectivity index (χ2v) is 12.1. The number of hydrogen-bond acceptors (Lipinski definition) is 0. The molecular weight excluding hydrogens is 553 g/mol. The molecule has 0 heteroatoms. The van der Waals surface area contributed by atoms with Crippen LogP contribution in [0.15, 0.2) is 182 Å². The summed E-state index contributed by atoms with van der Waals surface area (Å²) >= 11 is 0. The van der Waals surface area contributed by atoms with Gasteiger partial charge in [-0.25, -0.2) is 0 Å². The van der Waals surface area contributed by atoms with Crippen molar-refractivity contribution in [3.05, 3.63) is 182 Å². The van der Waals surface area contributed by atoms with Crippen LogP contribution in [0.1, 0.15) is 0 Å². The third-order valence-corrected chi connectivity index (χ3v) is 9.40. The third-order valence-electron chi connectivity index (χ3n) is 9.40. The van der Waals surface area contributed by atoms with Crippen LogP contribution in [0.2, 0.25) is 0 Å². The van der Waals surface area contributed by atoms with Gasteiger partial charge in [0.1, 0.15) is 0 Å². The van der Waals surface area contributed by atoms with E-state index < -0.39 is 0 Å². The molecule has 0 spiro atoms. The predicted octanol–water partition coefficient (Wildman–Crippen LogP) is 13.0. The molecule has 0 aliphatic heterocycles. The topological polar surface area (TPSA) is 0 Å². The molecular formula is C46H30. The fourth-order valence-corrected chi connectivity index (χ4v) is 7.18. The van der Waals surface area contributed by atoms with Crippen molar-refractivity contribution >= 4 is 43.1 Å². The molecule has 0 aromatic heterocycles. The zero-order valence-corrected chi connectivity index (χ0v) is 25.3. The van der Waals surface area contributed by atoms with E-state index in [4.69, 9.17) is 0 Å². The first-order valence-electron chi connectivity index (χ1n) is 15.9. The van der Waals surface area contributed by atoms with Gasteiger partial charge in [0.05, 0.1) is 0 Å². The van der Waals surface area contributed by atoms with E-state index in [9.17, 15) is 0 Å². The van der Waals surface area contributed by atoms with Crippen LogP contribution < -0.4 is 0 Å². The van der Waals surface area contributed by atoms with Gasteiger partial charge in [-0.3, -0.25) is 0 Å². The highest BCUT2D eigenvalue weighted by molar-refractivity contribution is 6.22. The largest absolute Gasteiger partial charge is 0.0622 e. The maximum absolute atomic E-state index is 2.42. The summed E-state index contributed by atoms with van der Waals surface area (Å²) in [6, 6.07) is 66.7.